The monoisotopic (exact) mass is 204 g/mol. The zero-order valence-electron chi connectivity index (χ0n) is 8.90. The lowest BCUT2D eigenvalue weighted by Crippen LogP contribution is -2.21. The third-order valence-electron chi connectivity index (χ3n) is 2.55. The molecule has 0 spiro atoms. The van der Waals surface area contributed by atoms with E-state index in [9.17, 15) is 0 Å². The van der Waals surface area contributed by atoms with Crippen LogP contribution in [0.4, 0.5) is 0 Å². The molecule has 1 aromatic carbocycles. The van der Waals surface area contributed by atoms with Crippen LogP contribution >= 0.6 is 0 Å². The average Bonchev–Trinajstić information content (AvgIpc) is 2.99. The molecule has 0 saturated carbocycles. The molecule has 1 heterocycles. The van der Waals surface area contributed by atoms with Crippen molar-refractivity contribution in [2.24, 2.45) is 16.0 Å². The van der Waals surface area contributed by atoms with Crippen molar-refractivity contribution in [2.45, 2.75) is 19.1 Å². The molecule has 3 N–H and O–H groups in total. The minimum Gasteiger partial charge on any atom is -0.329 e. The summed E-state index contributed by atoms with van der Waals surface area (Å²) in [5, 5.41) is 11.3. The van der Waals surface area contributed by atoms with Gasteiger partial charge in [0.25, 0.3) is 0 Å². The maximum atomic E-state index is 5.39. The van der Waals surface area contributed by atoms with Crippen LogP contribution in [-0.4, -0.2) is 13.1 Å². The second-order valence-electron chi connectivity index (χ2n) is 3.88. The Hall–Kier alpha value is -1.26. The van der Waals surface area contributed by atoms with E-state index in [4.69, 9.17) is 5.73 Å². The van der Waals surface area contributed by atoms with Gasteiger partial charge in [-0.15, -0.1) is 0 Å². The molecule has 0 aliphatic carbocycles. The molecular formula is C11H16N4. The first kappa shape index (κ1) is 10.3. The second kappa shape index (κ2) is 4.08. The summed E-state index contributed by atoms with van der Waals surface area (Å²) >= 11 is 0. The highest BCUT2D eigenvalue weighted by atomic mass is 15.4. The largest absolute Gasteiger partial charge is 0.329 e. The first-order valence-corrected chi connectivity index (χ1v) is 5.19. The zero-order chi connectivity index (χ0) is 10.7. The molecule has 0 aromatic heterocycles. The van der Waals surface area contributed by atoms with Gasteiger partial charge < -0.3 is 11.1 Å². The van der Waals surface area contributed by atoms with Crippen LogP contribution in [-0.2, 0) is 12.2 Å². The zero-order valence-corrected chi connectivity index (χ0v) is 8.90. The molecule has 0 atom stereocenters. The SMILES string of the molecule is CC1(c2ccc(CNCCN)cc2)N=N1. The fraction of sp³-hybridized carbons (Fsp3) is 0.455. The summed E-state index contributed by atoms with van der Waals surface area (Å²) < 4.78 is 0. The van der Waals surface area contributed by atoms with Crippen LogP contribution in [0, 0.1) is 0 Å². The van der Waals surface area contributed by atoms with E-state index in [1.165, 1.54) is 5.56 Å². The van der Waals surface area contributed by atoms with Gasteiger partial charge in [0.15, 0.2) is 0 Å². The molecule has 80 valence electrons. The van der Waals surface area contributed by atoms with Crippen LogP contribution in [0.1, 0.15) is 18.1 Å². The highest BCUT2D eigenvalue weighted by molar-refractivity contribution is 5.29. The number of nitrogens with two attached hydrogens (primary N) is 1. The van der Waals surface area contributed by atoms with Gasteiger partial charge in [0.1, 0.15) is 0 Å². The third-order valence-corrected chi connectivity index (χ3v) is 2.55. The van der Waals surface area contributed by atoms with E-state index in [1.807, 2.05) is 6.92 Å². The van der Waals surface area contributed by atoms with E-state index in [2.05, 4.69) is 39.8 Å². The van der Waals surface area contributed by atoms with E-state index in [0.717, 1.165) is 18.7 Å². The fourth-order valence-corrected chi connectivity index (χ4v) is 1.46. The van der Waals surface area contributed by atoms with Crippen molar-refractivity contribution in [3.8, 4) is 0 Å². The molecule has 1 aliphatic rings. The topological polar surface area (TPSA) is 62.8 Å². The molecule has 0 unspecified atom stereocenters. The smallest absolute Gasteiger partial charge is 0.213 e. The molecule has 0 amide bonds. The summed E-state index contributed by atoms with van der Waals surface area (Å²) in [6.07, 6.45) is 0. The number of nitrogens with one attached hydrogen (secondary N) is 1. The Kier molecular flexibility index (Phi) is 2.79. The predicted octanol–water partition coefficient (Wildman–Crippen LogP) is 1.37. The number of hydrogen-bond donors (Lipinski definition) is 2. The van der Waals surface area contributed by atoms with Crippen molar-refractivity contribution in [1.82, 2.24) is 5.32 Å². The number of benzene rings is 1. The van der Waals surface area contributed by atoms with Crippen LogP contribution in [0.25, 0.3) is 0 Å². The molecule has 1 aliphatic heterocycles. The van der Waals surface area contributed by atoms with Gasteiger partial charge in [0, 0.05) is 25.2 Å². The maximum Gasteiger partial charge on any atom is 0.213 e. The lowest BCUT2D eigenvalue weighted by molar-refractivity contribution is 0.692. The van der Waals surface area contributed by atoms with Crippen molar-refractivity contribution < 1.29 is 0 Å². The van der Waals surface area contributed by atoms with Crippen LogP contribution in [0.2, 0.25) is 0 Å². The number of nitrogens with zero attached hydrogens (tertiary/aromatic N) is 2. The van der Waals surface area contributed by atoms with E-state index in [1.54, 1.807) is 0 Å². The summed E-state index contributed by atoms with van der Waals surface area (Å²) in [6.45, 7) is 4.40. The molecule has 1 aromatic rings. The van der Waals surface area contributed by atoms with Gasteiger partial charge in [0.2, 0.25) is 5.66 Å². The van der Waals surface area contributed by atoms with E-state index in [-0.39, 0.29) is 5.66 Å². The molecular weight excluding hydrogens is 188 g/mol. The van der Waals surface area contributed by atoms with Crippen molar-refractivity contribution in [3.05, 3.63) is 35.4 Å². The Morgan fingerprint density at radius 2 is 1.93 bits per heavy atom. The third kappa shape index (κ3) is 2.40. The van der Waals surface area contributed by atoms with Crippen LogP contribution in [0.15, 0.2) is 34.5 Å². The Balaban J connectivity index is 1.92. The molecule has 0 saturated heterocycles. The van der Waals surface area contributed by atoms with Gasteiger partial charge in [-0.2, -0.15) is 10.2 Å². The second-order valence-corrected chi connectivity index (χ2v) is 3.88. The fourth-order valence-electron chi connectivity index (χ4n) is 1.46. The molecule has 0 bridgehead atoms. The van der Waals surface area contributed by atoms with Crippen LogP contribution < -0.4 is 11.1 Å². The molecule has 0 radical (unpaired) electrons. The molecule has 15 heavy (non-hydrogen) atoms. The van der Waals surface area contributed by atoms with E-state index in [0.29, 0.717) is 6.54 Å². The summed E-state index contributed by atoms with van der Waals surface area (Å²) in [7, 11) is 0. The van der Waals surface area contributed by atoms with Gasteiger partial charge >= 0.3 is 0 Å². The summed E-state index contributed by atoms with van der Waals surface area (Å²) in [5.41, 5.74) is 7.55. The van der Waals surface area contributed by atoms with Crippen molar-refractivity contribution in [2.75, 3.05) is 13.1 Å². The molecule has 2 rings (SSSR count). The number of hydrogen-bond acceptors (Lipinski definition) is 4. The normalized spacial score (nSPS) is 16.7. The lowest BCUT2D eigenvalue weighted by Gasteiger charge is -2.06. The lowest BCUT2D eigenvalue weighted by atomic mass is 10.0. The highest BCUT2D eigenvalue weighted by Gasteiger charge is 2.35. The Bertz CT molecular complexity index is 349. The van der Waals surface area contributed by atoms with Crippen molar-refractivity contribution in [1.29, 1.82) is 0 Å². The van der Waals surface area contributed by atoms with Gasteiger partial charge in [-0.3, -0.25) is 0 Å². The minimum absolute atomic E-state index is 0.261. The van der Waals surface area contributed by atoms with E-state index < -0.39 is 0 Å². The summed E-state index contributed by atoms with van der Waals surface area (Å²) in [5.74, 6) is 0. The van der Waals surface area contributed by atoms with Gasteiger partial charge in [-0.25, -0.2) is 0 Å². The van der Waals surface area contributed by atoms with Gasteiger partial charge in [-0.1, -0.05) is 24.3 Å². The molecule has 4 heteroatoms. The van der Waals surface area contributed by atoms with E-state index >= 15 is 0 Å². The van der Waals surface area contributed by atoms with Gasteiger partial charge in [0.05, 0.1) is 0 Å². The Labute approximate surface area is 89.6 Å². The molecule has 0 fully saturated rings. The Morgan fingerprint density at radius 3 is 2.47 bits per heavy atom. The van der Waals surface area contributed by atoms with Crippen molar-refractivity contribution >= 4 is 0 Å². The minimum atomic E-state index is -0.261. The standard InChI is InChI=1S/C11H16N4/c1-11(14-15-11)10-4-2-9(3-5-10)8-13-7-6-12/h2-5,13H,6-8,12H2,1H3. The predicted molar refractivity (Wildman–Crippen MR) is 59.4 cm³/mol. The highest BCUT2D eigenvalue weighted by Crippen LogP contribution is 2.38. The number of rotatable bonds is 5. The average molecular weight is 204 g/mol. The van der Waals surface area contributed by atoms with Gasteiger partial charge in [-0.05, 0) is 12.5 Å². The quantitative estimate of drug-likeness (QED) is 0.712. The maximum absolute atomic E-state index is 5.39. The van der Waals surface area contributed by atoms with Crippen LogP contribution in [0.3, 0.4) is 0 Å². The first-order valence-electron chi connectivity index (χ1n) is 5.19. The van der Waals surface area contributed by atoms with Crippen molar-refractivity contribution in [3.63, 3.8) is 0 Å². The molecule has 4 nitrogen and oxygen atoms in total. The summed E-state index contributed by atoms with van der Waals surface area (Å²) in [4.78, 5) is 0. The first-order chi connectivity index (χ1) is 7.24. The summed E-state index contributed by atoms with van der Waals surface area (Å²) in [6, 6.07) is 8.37. The van der Waals surface area contributed by atoms with Crippen LogP contribution in [0.5, 0.6) is 0 Å². The Morgan fingerprint density at radius 1 is 1.27 bits per heavy atom.